The van der Waals surface area contributed by atoms with Crippen molar-refractivity contribution in [3.8, 4) is 0 Å². The molecule has 1 heterocycles. The van der Waals surface area contributed by atoms with Crippen LogP contribution in [0.2, 0.25) is 0 Å². The Hall–Kier alpha value is -1.13. The molecule has 0 aromatic heterocycles. The van der Waals surface area contributed by atoms with Crippen LogP contribution in [-0.4, -0.2) is 16.6 Å². The average molecular weight is 221 g/mol. The zero-order valence-corrected chi connectivity index (χ0v) is 9.77. The number of thiocarbonyl (C=S) groups is 1. The second-order valence-corrected chi connectivity index (χ2v) is 4.06. The van der Waals surface area contributed by atoms with E-state index in [2.05, 4.69) is 53.9 Å². The lowest BCUT2D eigenvalue weighted by Gasteiger charge is -2.22. The molecule has 0 saturated carbocycles. The summed E-state index contributed by atoms with van der Waals surface area (Å²) in [6, 6.07) is 8.46. The van der Waals surface area contributed by atoms with Crippen LogP contribution in [0.5, 0.6) is 0 Å². The molecule has 1 saturated heterocycles. The van der Waals surface area contributed by atoms with Gasteiger partial charge in [-0.2, -0.15) is 0 Å². The molecule has 0 spiro atoms. The molecule has 0 aliphatic carbocycles. The first kappa shape index (κ1) is 10.4. The maximum atomic E-state index is 5.20. The molecule has 1 aromatic carbocycles. The number of rotatable bonds is 2. The average Bonchev–Trinajstić information content (AvgIpc) is 2.59. The van der Waals surface area contributed by atoms with Crippen LogP contribution < -0.4 is 10.9 Å². The summed E-state index contributed by atoms with van der Waals surface area (Å²) in [5.74, 6) is 0. The third-order valence-corrected chi connectivity index (χ3v) is 2.92. The normalized spacial score (nSPS) is 20.5. The van der Waals surface area contributed by atoms with Crippen molar-refractivity contribution in [1.82, 2.24) is 15.8 Å². The highest BCUT2D eigenvalue weighted by Crippen LogP contribution is 2.21. The molecule has 4 heteroatoms. The SMILES string of the molecule is CCN1C(=S)NNC1c1cccc(C)c1. The highest BCUT2D eigenvalue weighted by Gasteiger charge is 2.27. The highest BCUT2D eigenvalue weighted by atomic mass is 32.1. The van der Waals surface area contributed by atoms with Gasteiger partial charge in [-0.15, -0.1) is 0 Å². The fourth-order valence-electron chi connectivity index (χ4n) is 1.83. The second-order valence-electron chi connectivity index (χ2n) is 3.68. The number of hydrogen-bond acceptors (Lipinski definition) is 2. The summed E-state index contributed by atoms with van der Waals surface area (Å²) in [7, 11) is 0. The third kappa shape index (κ3) is 1.96. The van der Waals surface area contributed by atoms with E-state index < -0.39 is 0 Å². The number of nitrogens with one attached hydrogen (secondary N) is 2. The van der Waals surface area contributed by atoms with Crippen LogP contribution in [0.15, 0.2) is 24.3 Å². The van der Waals surface area contributed by atoms with E-state index in [-0.39, 0.29) is 6.17 Å². The van der Waals surface area contributed by atoms with Gasteiger partial charge in [0.2, 0.25) is 0 Å². The van der Waals surface area contributed by atoms with E-state index >= 15 is 0 Å². The Balaban J connectivity index is 2.27. The largest absolute Gasteiger partial charge is 0.327 e. The summed E-state index contributed by atoms with van der Waals surface area (Å²) in [6.45, 7) is 5.10. The second kappa shape index (κ2) is 4.16. The van der Waals surface area contributed by atoms with Crippen molar-refractivity contribution in [2.24, 2.45) is 0 Å². The van der Waals surface area contributed by atoms with Crippen LogP contribution in [0.25, 0.3) is 0 Å². The Morgan fingerprint density at radius 2 is 2.27 bits per heavy atom. The van der Waals surface area contributed by atoms with Crippen LogP contribution >= 0.6 is 12.2 Å². The summed E-state index contributed by atoms with van der Waals surface area (Å²) in [5, 5.41) is 0.768. The van der Waals surface area contributed by atoms with Crippen LogP contribution in [-0.2, 0) is 0 Å². The first-order valence-electron chi connectivity index (χ1n) is 5.11. The predicted octanol–water partition coefficient (Wildman–Crippen LogP) is 1.71. The molecule has 15 heavy (non-hydrogen) atoms. The van der Waals surface area contributed by atoms with Crippen LogP contribution in [0.3, 0.4) is 0 Å². The third-order valence-electron chi connectivity index (χ3n) is 2.59. The van der Waals surface area contributed by atoms with Gasteiger partial charge in [-0.3, -0.25) is 5.43 Å². The number of aryl methyl sites for hydroxylation is 1. The van der Waals surface area contributed by atoms with Gasteiger partial charge in [0.05, 0.1) is 0 Å². The number of hydrazine groups is 1. The van der Waals surface area contributed by atoms with Gasteiger partial charge in [0.25, 0.3) is 0 Å². The quantitative estimate of drug-likeness (QED) is 0.743. The fraction of sp³-hybridized carbons (Fsp3) is 0.364. The first-order valence-corrected chi connectivity index (χ1v) is 5.52. The molecule has 1 fully saturated rings. The van der Waals surface area contributed by atoms with Crippen LogP contribution in [0.4, 0.5) is 0 Å². The Morgan fingerprint density at radius 1 is 1.47 bits per heavy atom. The molecular weight excluding hydrogens is 206 g/mol. The molecule has 3 nitrogen and oxygen atoms in total. The molecule has 1 aliphatic rings. The lowest BCUT2D eigenvalue weighted by molar-refractivity contribution is 0.329. The molecule has 0 radical (unpaired) electrons. The van der Waals surface area contributed by atoms with Crippen molar-refractivity contribution in [3.05, 3.63) is 35.4 Å². The first-order chi connectivity index (χ1) is 7.22. The number of hydrogen-bond donors (Lipinski definition) is 2. The Bertz CT molecular complexity index is 378. The standard InChI is InChI=1S/C11H15N3S/c1-3-14-10(12-13-11(14)15)9-6-4-5-8(2)7-9/h4-7,10,12H,3H2,1-2H3,(H,13,15). The number of nitrogens with zero attached hydrogens (tertiary/aromatic N) is 1. The summed E-state index contributed by atoms with van der Waals surface area (Å²) in [4.78, 5) is 2.13. The van der Waals surface area contributed by atoms with Crippen molar-refractivity contribution in [1.29, 1.82) is 0 Å². The minimum absolute atomic E-state index is 0.155. The maximum Gasteiger partial charge on any atom is 0.185 e. The minimum Gasteiger partial charge on any atom is -0.327 e. The van der Waals surface area contributed by atoms with E-state index in [1.54, 1.807) is 0 Å². The van der Waals surface area contributed by atoms with E-state index in [1.165, 1.54) is 11.1 Å². The topological polar surface area (TPSA) is 27.3 Å². The molecule has 2 N–H and O–H groups in total. The van der Waals surface area contributed by atoms with Gasteiger partial charge >= 0.3 is 0 Å². The molecule has 2 rings (SSSR count). The van der Waals surface area contributed by atoms with Crippen molar-refractivity contribution >= 4 is 17.3 Å². The lowest BCUT2D eigenvalue weighted by Crippen LogP contribution is -2.29. The molecule has 0 bridgehead atoms. The molecule has 0 amide bonds. The molecule has 1 atom stereocenters. The van der Waals surface area contributed by atoms with Crippen molar-refractivity contribution in [2.75, 3.05) is 6.54 Å². The Kier molecular flexibility index (Phi) is 2.88. The van der Waals surface area contributed by atoms with Gasteiger partial charge in [-0.05, 0) is 31.6 Å². The molecule has 1 aliphatic heterocycles. The highest BCUT2D eigenvalue weighted by molar-refractivity contribution is 7.80. The summed E-state index contributed by atoms with van der Waals surface area (Å²) in [6.07, 6.45) is 0.155. The fourth-order valence-corrected chi connectivity index (χ4v) is 2.12. The zero-order valence-electron chi connectivity index (χ0n) is 8.95. The van der Waals surface area contributed by atoms with Gasteiger partial charge in [-0.1, -0.05) is 29.8 Å². The van der Waals surface area contributed by atoms with Gasteiger partial charge < -0.3 is 4.90 Å². The summed E-state index contributed by atoms with van der Waals surface area (Å²) >= 11 is 5.20. The molecule has 1 aromatic rings. The van der Waals surface area contributed by atoms with E-state index in [4.69, 9.17) is 12.2 Å². The monoisotopic (exact) mass is 221 g/mol. The number of benzene rings is 1. The maximum absolute atomic E-state index is 5.20. The Morgan fingerprint density at radius 3 is 2.93 bits per heavy atom. The summed E-state index contributed by atoms with van der Waals surface area (Å²) < 4.78 is 0. The zero-order chi connectivity index (χ0) is 10.8. The van der Waals surface area contributed by atoms with E-state index in [1.807, 2.05) is 0 Å². The molecular formula is C11H15N3S. The van der Waals surface area contributed by atoms with E-state index in [0.717, 1.165) is 11.7 Å². The van der Waals surface area contributed by atoms with E-state index in [9.17, 15) is 0 Å². The van der Waals surface area contributed by atoms with E-state index in [0.29, 0.717) is 0 Å². The van der Waals surface area contributed by atoms with Crippen molar-refractivity contribution in [3.63, 3.8) is 0 Å². The van der Waals surface area contributed by atoms with Gasteiger partial charge in [0.15, 0.2) is 5.11 Å². The minimum atomic E-state index is 0.155. The van der Waals surface area contributed by atoms with Crippen LogP contribution in [0.1, 0.15) is 24.2 Å². The summed E-state index contributed by atoms with van der Waals surface area (Å²) in [5.41, 5.74) is 8.69. The smallest absolute Gasteiger partial charge is 0.185 e. The molecule has 1 unspecified atom stereocenters. The molecule has 80 valence electrons. The van der Waals surface area contributed by atoms with Crippen LogP contribution in [0, 0.1) is 6.92 Å². The predicted molar refractivity (Wildman–Crippen MR) is 65.2 cm³/mol. The van der Waals surface area contributed by atoms with Gasteiger partial charge in [-0.25, -0.2) is 5.43 Å². The van der Waals surface area contributed by atoms with Crippen molar-refractivity contribution in [2.45, 2.75) is 20.0 Å². The Labute approximate surface area is 95.4 Å². The van der Waals surface area contributed by atoms with Crippen molar-refractivity contribution < 1.29 is 0 Å². The van der Waals surface area contributed by atoms with Gasteiger partial charge in [0, 0.05) is 6.54 Å². The van der Waals surface area contributed by atoms with Gasteiger partial charge in [0.1, 0.15) is 6.17 Å². The lowest BCUT2D eigenvalue weighted by atomic mass is 10.1.